The highest BCUT2D eigenvalue weighted by Gasteiger charge is 2.22. The van der Waals surface area contributed by atoms with Crippen molar-refractivity contribution in [2.24, 2.45) is 0 Å². The molecule has 1 fully saturated rings. The highest BCUT2D eigenvalue weighted by atomic mass is 15.1. The number of para-hydroxylation sites is 1. The predicted octanol–water partition coefficient (Wildman–Crippen LogP) is 4.86. The number of likely N-dealkylation sites (tertiary alicyclic amines) is 1. The second-order valence-corrected chi connectivity index (χ2v) is 6.72. The van der Waals surface area contributed by atoms with Crippen molar-refractivity contribution >= 4 is 10.9 Å². The lowest BCUT2D eigenvalue weighted by Crippen LogP contribution is -2.37. The Balaban J connectivity index is 1.80. The normalized spacial score (nSPS) is 19.3. The fraction of sp³-hybridized carbons (Fsp3) is 0.333. The van der Waals surface area contributed by atoms with Crippen LogP contribution in [0.2, 0.25) is 0 Å². The fourth-order valence-corrected chi connectivity index (χ4v) is 3.90. The fourth-order valence-electron chi connectivity index (χ4n) is 3.90. The number of aromatic nitrogens is 1. The van der Waals surface area contributed by atoms with E-state index in [0.29, 0.717) is 6.04 Å². The first-order valence-corrected chi connectivity index (χ1v) is 8.68. The van der Waals surface area contributed by atoms with Crippen molar-refractivity contribution < 1.29 is 0 Å². The molecule has 0 bridgehead atoms. The van der Waals surface area contributed by atoms with Gasteiger partial charge < -0.3 is 9.88 Å². The number of rotatable bonds is 3. The molecule has 0 radical (unpaired) electrons. The van der Waals surface area contributed by atoms with Crippen molar-refractivity contribution in [1.82, 2.24) is 9.88 Å². The quantitative estimate of drug-likeness (QED) is 0.732. The van der Waals surface area contributed by atoms with Gasteiger partial charge in [0.25, 0.3) is 0 Å². The minimum Gasteiger partial charge on any atom is -0.354 e. The summed E-state index contributed by atoms with van der Waals surface area (Å²) < 4.78 is 0. The monoisotopic (exact) mass is 304 g/mol. The maximum absolute atomic E-state index is 3.67. The Morgan fingerprint density at radius 1 is 1.00 bits per heavy atom. The summed E-state index contributed by atoms with van der Waals surface area (Å²) in [6.45, 7) is 1.23. The number of likely N-dealkylation sites (N-methyl/N-ethyl adjacent to an activating group) is 1. The van der Waals surface area contributed by atoms with Gasteiger partial charge in [0.1, 0.15) is 0 Å². The molecule has 1 saturated heterocycles. The van der Waals surface area contributed by atoms with Crippen LogP contribution in [0.25, 0.3) is 22.2 Å². The summed E-state index contributed by atoms with van der Waals surface area (Å²) in [6.07, 6.45) is 5.14. The Kier molecular flexibility index (Phi) is 3.92. The Hall–Kier alpha value is -2.06. The second-order valence-electron chi connectivity index (χ2n) is 6.72. The Morgan fingerprint density at radius 2 is 1.78 bits per heavy atom. The van der Waals surface area contributed by atoms with E-state index in [0.717, 1.165) is 6.42 Å². The van der Waals surface area contributed by atoms with Crippen LogP contribution in [0.3, 0.4) is 0 Å². The third kappa shape index (κ3) is 2.79. The molecule has 1 aliphatic rings. The third-order valence-electron chi connectivity index (χ3n) is 5.24. The van der Waals surface area contributed by atoms with Crippen LogP contribution in [0.4, 0.5) is 0 Å². The summed E-state index contributed by atoms with van der Waals surface area (Å²) in [4.78, 5) is 6.21. The topological polar surface area (TPSA) is 19.0 Å². The maximum atomic E-state index is 3.67. The molecular formula is C21H24N2. The van der Waals surface area contributed by atoms with Crippen LogP contribution in [0, 0.1) is 0 Å². The standard InChI is InChI=1S/C21H24N2/c1-23-14-8-7-11-17(23)15-19-18-12-5-6-13-20(18)22-21(19)16-9-3-2-4-10-16/h2-6,9-10,12-13,17,22H,7-8,11,14-15H2,1H3/t17-/m1/s1. The molecule has 1 aliphatic heterocycles. The van der Waals surface area contributed by atoms with E-state index in [4.69, 9.17) is 0 Å². The molecule has 118 valence electrons. The minimum absolute atomic E-state index is 0.658. The van der Waals surface area contributed by atoms with Crippen molar-refractivity contribution in [3.8, 4) is 11.3 Å². The van der Waals surface area contributed by atoms with Gasteiger partial charge in [0.05, 0.1) is 0 Å². The molecule has 0 spiro atoms. The van der Waals surface area contributed by atoms with Crippen LogP contribution in [-0.4, -0.2) is 29.5 Å². The molecule has 2 heterocycles. The van der Waals surface area contributed by atoms with Gasteiger partial charge in [0.15, 0.2) is 0 Å². The highest BCUT2D eigenvalue weighted by Crippen LogP contribution is 2.33. The summed E-state index contributed by atoms with van der Waals surface area (Å²) >= 11 is 0. The minimum atomic E-state index is 0.658. The van der Waals surface area contributed by atoms with Crippen LogP contribution in [-0.2, 0) is 6.42 Å². The number of aromatic amines is 1. The third-order valence-corrected chi connectivity index (χ3v) is 5.24. The van der Waals surface area contributed by atoms with Gasteiger partial charge in [0.2, 0.25) is 0 Å². The Morgan fingerprint density at radius 3 is 2.61 bits per heavy atom. The van der Waals surface area contributed by atoms with E-state index in [1.807, 2.05) is 0 Å². The first-order valence-electron chi connectivity index (χ1n) is 8.68. The molecular weight excluding hydrogens is 280 g/mol. The summed E-state index contributed by atoms with van der Waals surface area (Å²) in [5, 5.41) is 1.38. The largest absolute Gasteiger partial charge is 0.354 e. The highest BCUT2D eigenvalue weighted by molar-refractivity contribution is 5.90. The Labute approximate surface area is 138 Å². The molecule has 2 aromatic carbocycles. The number of nitrogens with one attached hydrogen (secondary N) is 1. The van der Waals surface area contributed by atoms with Gasteiger partial charge in [-0.05, 0) is 50.0 Å². The van der Waals surface area contributed by atoms with Crippen molar-refractivity contribution in [2.75, 3.05) is 13.6 Å². The van der Waals surface area contributed by atoms with Gasteiger partial charge in [-0.1, -0.05) is 55.0 Å². The lowest BCUT2D eigenvalue weighted by atomic mass is 9.93. The van der Waals surface area contributed by atoms with Crippen LogP contribution < -0.4 is 0 Å². The average Bonchev–Trinajstić information content (AvgIpc) is 2.96. The molecule has 3 aromatic rings. The zero-order valence-corrected chi connectivity index (χ0v) is 13.8. The number of hydrogen-bond acceptors (Lipinski definition) is 1. The Bertz CT molecular complexity index is 788. The van der Waals surface area contributed by atoms with E-state index in [9.17, 15) is 0 Å². The van der Waals surface area contributed by atoms with Crippen molar-refractivity contribution in [1.29, 1.82) is 0 Å². The molecule has 0 unspecified atom stereocenters. The van der Waals surface area contributed by atoms with Crippen LogP contribution in [0.1, 0.15) is 24.8 Å². The SMILES string of the molecule is CN1CCCC[C@@H]1Cc1c(-c2ccccc2)[nH]c2ccccc12. The van der Waals surface area contributed by atoms with Gasteiger partial charge in [-0.25, -0.2) is 0 Å². The van der Waals surface area contributed by atoms with Crippen LogP contribution >= 0.6 is 0 Å². The summed E-state index contributed by atoms with van der Waals surface area (Å²) in [6, 6.07) is 20.1. The first-order chi connectivity index (χ1) is 11.3. The van der Waals surface area contributed by atoms with Crippen molar-refractivity contribution in [3.05, 3.63) is 60.2 Å². The van der Waals surface area contributed by atoms with E-state index in [1.54, 1.807) is 0 Å². The molecule has 23 heavy (non-hydrogen) atoms. The van der Waals surface area contributed by atoms with Crippen molar-refractivity contribution in [3.63, 3.8) is 0 Å². The van der Waals surface area contributed by atoms with Gasteiger partial charge >= 0.3 is 0 Å². The molecule has 2 heteroatoms. The zero-order valence-electron chi connectivity index (χ0n) is 13.8. The molecule has 2 nitrogen and oxygen atoms in total. The number of nitrogens with zero attached hydrogens (tertiary/aromatic N) is 1. The summed E-state index contributed by atoms with van der Waals surface area (Å²) in [5.74, 6) is 0. The van der Waals surface area contributed by atoms with Gasteiger partial charge in [-0.2, -0.15) is 0 Å². The molecule has 1 atom stereocenters. The molecule has 0 saturated carbocycles. The van der Waals surface area contributed by atoms with Crippen molar-refractivity contribution in [2.45, 2.75) is 31.7 Å². The number of H-pyrrole nitrogens is 1. The predicted molar refractivity (Wildman–Crippen MR) is 97.7 cm³/mol. The van der Waals surface area contributed by atoms with Gasteiger partial charge in [-0.3, -0.25) is 0 Å². The lowest BCUT2D eigenvalue weighted by Gasteiger charge is -2.32. The summed E-state index contributed by atoms with van der Waals surface area (Å²) in [7, 11) is 2.28. The molecule has 1 N–H and O–H groups in total. The number of benzene rings is 2. The molecule has 0 amide bonds. The van der Waals surface area contributed by atoms with Gasteiger partial charge in [0, 0.05) is 22.6 Å². The van der Waals surface area contributed by atoms with Crippen LogP contribution in [0.5, 0.6) is 0 Å². The number of fused-ring (bicyclic) bond motifs is 1. The van der Waals surface area contributed by atoms with E-state index in [2.05, 4.69) is 71.5 Å². The smallest absolute Gasteiger partial charge is 0.0497 e. The number of hydrogen-bond donors (Lipinski definition) is 1. The summed E-state index contributed by atoms with van der Waals surface area (Å²) in [5.41, 5.74) is 5.31. The van der Waals surface area contributed by atoms with E-state index >= 15 is 0 Å². The molecule has 0 aliphatic carbocycles. The zero-order chi connectivity index (χ0) is 15.6. The number of piperidine rings is 1. The second kappa shape index (κ2) is 6.21. The van der Waals surface area contributed by atoms with E-state index in [-0.39, 0.29) is 0 Å². The molecule has 4 rings (SSSR count). The van der Waals surface area contributed by atoms with E-state index in [1.165, 1.54) is 53.5 Å². The van der Waals surface area contributed by atoms with Gasteiger partial charge in [-0.15, -0.1) is 0 Å². The maximum Gasteiger partial charge on any atom is 0.0497 e. The average molecular weight is 304 g/mol. The first kappa shape index (κ1) is 14.5. The van der Waals surface area contributed by atoms with Crippen LogP contribution in [0.15, 0.2) is 54.6 Å². The molecule has 1 aromatic heterocycles. The van der Waals surface area contributed by atoms with E-state index < -0.39 is 0 Å². The lowest BCUT2D eigenvalue weighted by molar-refractivity contribution is 0.185.